The molecule has 0 radical (unpaired) electrons. The van der Waals surface area contributed by atoms with Gasteiger partial charge in [-0.1, -0.05) is 54.6 Å². The first-order valence-electron chi connectivity index (χ1n) is 14.2. The lowest BCUT2D eigenvalue weighted by Gasteiger charge is -2.40. The van der Waals surface area contributed by atoms with E-state index >= 15 is 0 Å². The van der Waals surface area contributed by atoms with Crippen LogP contribution in [0.5, 0.6) is 0 Å². The summed E-state index contributed by atoms with van der Waals surface area (Å²) in [5.41, 5.74) is 0.770. The molecule has 0 aromatic heterocycles. The molecular weight excluding hydrogens is 528 g/mol. The summed E-state index contributed by atoms with van der Waals surface area (Å²) in [5.74, 6) is -1.78. The van der Waals surface area contributed by atoms with Gasteiger partial charge in [-0.15, -0.1) is 11.8 Å². The van der Waals surface area contributed by atoms with E-state index in [1.807, 2.05) is 60.4 Å². The average Bonchev–Trinajstić information content (AvgIpc) is 3.24. The first-order chi connectivity index (χ1) is 19.3. The van der Waals surface area contributed by atoms with E-state index < -0.39 is 33.4 Å². The maximum atomic E-state index is 14.6. The number of nitrogens with zero attached hydrogens (tertiary/aromatic N) is 4. The quantitative estimate of drug-likeness (QED) is 0.517. The molecule has 0 bridgehead atoms. The lowest BCUT2D eigenvalue weighted by atomic mass is 9.74. The minimum absolute atomic E-state index is 0.0784. The third-order valence-corrected chi connectivity index (χ3v) is 11.1. The molecule has 5 aliphatic rings. The van der Waals surface area contributed by atoms with Crippen LogP contribution in [0.2, 0.25) is 0 Å². The number of thioether (sulfide) groups is 1. The first-order valence-corrected chi connectivity index (χ1v) is 15.0. The molecular formula is C30H38N4O5S. The molecule has 1 spiro atoms. The molecule has 3 saturated heterocycles. The van der Waals surface area contributed by atoms with Crippen molar-refractivity contribution in [2.75, 3.05) is 66.1 Å². The normalized spacial score (nSPS) is 34.9. The Morgan fingerprint density at radius 3 is 2.42 bits per heavy atom. The fraction of sp³-hybridized carbons (Fsp3) is 0.567. The number of aliphatic hydroxyl groups excluding tert-OH is 1. The molecule has 6 rings (SSSR count). The fourth-order valence-electron chi connectivity index (χ4n) is 7.28. The van der Waals surface area contributed by atoms with E-state index in [-0.39, 0.29) is 24.3 Å². The molecule has 10 heteroatoms. The van der Waals surface area contributed by atoms with Crippen LogP contribution in [0.3, 0.4) is 0 Å². The van der Waals surface area contributed by atoms with Crippen molar-refractivity contribution in [3.05, 3.63) is 60.2 Å². The van der Waals surface area contributed by atoms with E-state index in [1.54, 1.807) is 28.6 Å². The smallest absolute Gasteiger partial charge is 0.247 e. The van der Waals surface area contributed by atoms with Gasteiger partial charge in [0.2, 0.25) is 17.7 Å². The van der Waals surface area contributed by atoms with Gasteiger partial charge in [0.05, 0.1) is 42.4 Å². The Bertz CT molecular complexity index is 1220. The molecule has 1 aromatic rings. The highest BCUT2D eigenvalue weighted by molar-refractivity contribution is 8.02. The summed E-state index contributed by atoms with van der Waals surface area (Å²) in [7, 11) is 1.77. The van der Waals surface area contributed by atoms with Crippen LogP contribution < -0.4 is 0 Å². The van der Waals surface area contributed by atoms with E-state index in [1.165, 1.54) is 0 Å². The number of likely N-dealkylation sites (tertiary alicyclic amines) is 1. The number of fused-ring (bicyclic) bond motifs is 2. The summed E-state index contributed by atoms with van der Waals surface area (Å²) >= 11 is 1.57. The number of morpholine rings is 1. The Balaban J connectivity index is 1.43. The molecule has 0 aliphatic carbocycles. The Kier molecular flexibility index (Phi) is 7.31. The van der Waals surface area contributed by atoms with Crippen LogP contribution in [0, 0.1) is 11.8 Å². The van der Waals surface area contributed by atoms with Gasteiger partial charge in [0.15, 0.2) is 0 Å². The van der Waals surface area contributed by atoms with E-state index in [4.69, 9.17) is 4.74 Å². The molecule has 5 heterocycles. The number of amides is 3. The van der Waals surface area contributed by atoms with Gasteiger partial charge in [-0.3, -0.25) is 19.3 Å². The maximum absolute atomic E-state index is 14.6. The fourth-order valence-corrected chi connectivity index (χ4v) is 9.43. The number of aliphatic hydroxyl groups is 1. The number of ether oxygens (including phenoxy) is 1. The predicted molar refractivity (Wildman–Crippen MR) is 152 cm³/mol. The topological polar surface area (TPSA) is 93.6 Å². The highest BCUT2D eigenvalue weighted by Gasteiger charge is 2.74. The summed E-state index contributed by atoms with van der Waals surface area (Å²) < 4.78 is 3.92. The highest BCUT2D eigenvalue weighted by atomic mass is 32.2. The SMILES string of the molecule is CN1CC=C[C@]2(C)S[C@]34C=CCN(CCN5CCOCC5)C(=O)C3N([C@H](CO)c3ccccc3)C(=O)[C@@H]4[C@@H]2C1=O. The highest BCUT2D eigenvalue weighted by Crippen LogP contribution is 2.66. The molecule has 5 aliphatic heterocycles. The molecule has 9 nitrogen and oxygen atoms in total. The zero-order valence-corrected chi connectivity index (χ0v) is 24.0. The monoisotopic (exact) mass is 566 g/mol. The van der Waals surface area contributed by atoms with Gasteiger partial charge < -0.3 is 24.5 Å². The molecule has 40 heavy (non-hydrogen) atoms. The van der Waals surface area contributed by atoms with Crippen molar-refractivity contribution in [1.29, 1.82) is 0 Å². The molecule has 1 N–H and O–H groups in total. The van der Waals surface area contributed by atoms with Gasteiger partial charge in [0, 0.05) is 51.1 Å². The number of rotatable bonds is 6. The maximum Gasteiger partial charge on any atom is 0.247 e. The van der Waals surface area contributed by atoms with Crippen molar-refractivity contribution in [1.82, 2.24) is 19.6 Å². The number of carbonyl (C=O) groups is 3. The molecule has 3 amide bonds. The summed E-state index contributed by atoms with van der Waals surface area (Å²) in [5, 5.41) is 10.7. The van der Waals surface area contributed by atoms with Crippen molar-refractivity contribution >= 4 is 29.5 Å². The van der Waals surface area contributed by atoms with Crippen molar-refractivity contribution in [2.24, 2.45) is 11.8 Å². The number of benzene rings is 1. The lowest BCUT2D eigenvalue weighted by Crippen LogP contribution is -2.55. The molecule has 0 saturated carbocycles. The second kappa shape index (κ2) is 10.6. The van der Waals surface area contributed by atoms with Gasteiger partial charge in [-0.2, -0.15) is 0 Å². The molecule has 6 atom stereocenters. The average molecular weight is 567 g/mol. The third kappa shape index (κ3) is 4.31. The van der Waals surface area contributed by atoms with Crippen LogP contribution in [-0.4, -0.2) is 124 Å². The Morgan fingerprint density at radius 2 is 1.70 bits per heavy atom. The zero-order chi connectivity index (χ0) is 28.1. The van der Waals surface area contributed by atoms with Crippen LogP contribution >= 0.6 is 11.8 Å². The number of hydrogen-bond acceptors (Lipinski definition) is 7. The molecule has 1 unspecified atom stereocenters. The summed E-state index contributed by atoms with van der Waals surface area (Å²) in [6.45, 7) is 6.92. The second-order valence-electron chi connectivity index (χ2n) is 11.6. The molecule has 3 fully saturated rings. The number of carbonyl (C=O) groups excluding carboxylic acids is 3. The zero-order valence-electron chi connectivity index (χ0n) is 23.1. The summed E-state index contributed by atoms with van der Waals surface area (Å²) in [4.78, 5) is 50.5. The number of likely N-dealkylation sites (N-methyl/N-ethyl adjacent to an activating group) is 1. The minimum Gasteiger partial charge on any atom is -0.394 e. The third-order valence-electron chi connectivity index (χ3n) is 9.26. The van der Waals surface area contributed by atoms with E-state index in [2.05, 4.69) is 11.0 Å². The van der Waals surface area contributed by atoms with Crippen LogP contribution in [0.25, 0.3) is 0 Å². The van der Waals surface area contributed by atoms with Crippen molar-refractivity contribution in [3.8, 4) is 0 Å². The van der Waals surface area contributed by atoms with Crippen LogP contribution in [0.1, 0.15) is 18.5 Å². The number of hydrogen-bond donors (Lipinski definition) is 1. The van der Waals surface area contributed by atoms with Crippen molar-refractivity contribution < 1.29 is 24.2 Å². The standard InChI is InChI=1S/C30H38N4O5S/c1-29-10-6-12-31(2)26(36)23(29)24-27(37)34(22(20-35)21-8-4-3-5-9-21)25-28(38)33(13-7-11-30(24,25)40-29)15-14-32-16-18-39-19-17-32/h3-11,22-25,35H,12-20H2,1-2H3/t22-,23-,24+,25?,29+,30+/m1/s1. The predicted octanol–water partition coefficient (Wildman–Crippen LogP) is 1.17. The Morgan fingerprint density at radius 1 is 0.975 bits per heavy atom. The van der Waals surface area contributed by atoms with Gasteiger partial charge >= 0.3 is 0 Å². The van der Waals surface area contributed by atoms with Crippen molar-refractivity contribution in [2.45, 2.75) is 28.5 Å². The Labute approximate surface area is 239 Å². The summed E-state index contributed by atoms with van der Waals surface area (Å²) in [6.07, 6.45) is 8.11. The second-order valence-corrected chi connectivity index (χ2v) is 13.4. The van der Waals surface area contributed by atoms with Gasteiger partial charge in [0.25, 0.3) is 0 Å². The van der Waals surface area contributed by atoms with Gasteiger partial charge in [-0.25, -0.2) is 0 Å². The lowest BCUT2D eigenvalue weighted by molar-refractivity contribution is -0.147. The van der Waals surface area contributed by atoms with E-state index in [0.29, 0.717) is 32.8 Å². The molecule has 1 aromatic carbocycles. The van der Waals surface area contributed by atoms with Crippen molar-refractivity contribution in [3.63, 3.8) is 0 Å². The van der Waals surface area contributed by atoms with Crippen LogP contribution in [-0.2, 0) is 19.1 Å². The van der Waals surface area contributed by atoms with Crippen LogP contribution in [0.15, 0.2) is 54.6 Å². The van der Waals surface area contributed by atoms with Gasteiger partial charge in [0.1, 0.15) is 6.04 Å². The van der Waals surface area contributed by atoms with Gasteiger partial charge in [-0.05, 0) is 12.5 Å². The van der Waals surface area contributed by atoms with E-state index in [9.17, 15) is 19.5 Å². The molecule has 214 valence electrons. The minimum atomic E-state index is -0.929. The largest absolute Gasteiger partial charge is 0.394 e. The van der Waals surface area contributed by atoms with E-state index in [0.717, 1.165) is 25.2 Å². The van der Waals surface area contributed by atoms with Crippen LogP contribution in [0.4, 0.5) is 0 Å². The summed E-state index contributed by atoms with van der Waals surface area (Å²) in [6, 6.07) is 7.86. The Hall–Kier alpha value is -2.66. The first kappa shape index (κ1) is 27.5.